The number of rotatable bonds is 5. The van der Waals surface area contributed by atoms with Gasteiger partial charge in [-0.1, -0.05) is 17.8 Å². The molecule has 0 aromatic carbocycles. The summed E-state index contributed by atoms with van der Waals surface area (Å²) in [4.78, 5) is 41.2. The highest BCUT2D eigenvalue weighted by Crippen LogP contribution is 2.40. The van der Waals surface area contributed by atoms with Crippen LogP contribution in [-0.4, -0.2) is 71.8 Å². The number of hydrogen-bond donors (Lipinski definition) is 4. The molecule has 0 radical (unpaired) electrons. The van der Waals surface area contributed by atoms with Gasteiger partial charge in [0.25, 0.3) is 11.8 Å². The first-order chi connectivity index (χ1) is 12.4. The van der Waals surface area contributed by atoms with Gasteiger partial charge in [0.2, 0.25) is 0 Å². The van der Waals surface area contributed by atoms with Gasteiger partial charge in [0, 0.05) is 11.1 Å². The van der Waals surface area contributed by atoms with Crippen LogP contribution in [-0.2, 0) is 14.4 Å². The van der Waals surface area contributed by atoms with Crippen LogP contribution in [0.1, 0.15) is 5.69 Å². The Morgan fingerprint density at radius 3 is 2.64 bits per heavy atom. The Kier molecular flexibility index (Phi) is 7.29. The van der Waals surface area contributed by atoms with Gasteiger partial charge in [-0.3, -0.25) is 14.5 Å². The highest BCUT2D eigenvalue weighted by Gasteiger charge is 2.54. The predicted octanol–water partition coefficient (Wildman–Crippen LogP) is -1.82. The van der Waals surface area contributed by atoms with E-state index >= 15 is 0 Å². The number of aliphatic carboxylic acids is 1. The van der Waals surface area contributed by atoms with Crippen molar-refractivity contribution in [3.63, 3.8) is 0 Å². The summed E-state index contributed by atoms with van der Waals surface area (Å²) in [5.74, 6) is -2.27. The second kappa shape index (κ2) is 8.83. The minimum Gasteiger partial charge on any atom is -0.477 e. The molecule has 28 heavy (non-hydrogen) atoms. The van der Waals surface area contributed by atoms with Gasteiger partial charge in [-0.15, -0.1) is 23.1 Å². The maximum Gasteiger partial charge on any atom is 0.352 e. The average Bonchev–Trinajstić information content (AvgIpc) is 3.04. The molecular formula is C14H17N5O7S2. The normalized spacial score (nSPS) is 20.9. The molecule has 0 bridgehead atoms. The van der Waals surface area contributed by atoms with Crippen LogP contribution in [0.15, 0.2) is 34.5 Å². The molecule has 1 fully saturated rings. The van der Waals surface area contributed by atoms with E-state index in [1.807, 2.05) is 0 Å². The average molecular weight is 431 g/mol. The lowest BCUT2D eigenvalue weighted by molar-refractivity contribution is -0.150. The summed E-state index contributed by atoms with van der Waals surface area (Å²) in [5, 5.41) is 24.9. The summed E-state index contributed by atoms with van der Waals surface area (Å²) in [7, 11) is 0. The number of nitrogens with two attached hydrogens (primary N) is 1. The maximum absolute atomic E-state index is 12.4. The molecule has 3 heterocycles. The quantitative estimate of drug-likeness (QED) is 0.179. The number of fused-ring (bicyclic) bond motifs is 1. The molecule has 2 aliphatic heterocycles. The van der Waals surface area contributed by atoms with E-state index < -0.39 is 29.2 Å². The summed E-state index contributed by atoms with van der Waals surface area (Å²) in [6.07, 6.45) is 1.40. The number of β-lactam (4-membered cyclic amide) rings is 1. The fraction of sp³-hybridized carbons (Fsp3) is 0.214. The van der Waals surface area contributed by atoms with Gasteiger partial charge in [-0.25, -0.2) is 9.78 Å². The highest BCUT2D eigenvalue weighted by molar-refractivity contribution is 8.00. The Bertz CT molecular complexity index is 881. The molecule has 0 unspecified atom stereocenters. The molecule has 0 aliphatic carbocycles. The van der Waals surface area contributed by atoms with Crippen molar-refractivity contribution in [1.82, 2.24) is 15.2 Å². The fourth-order valence-electron chi connectivity index (χ4n) is 2.62. The van der Waals surface area contributed by atoms with Crippen LogP contribution < -0.4 is 11.1 Å². The number of nitrogens with one attached hydrogen (secondary N) is 1. The first-order valence-corrected chi connectivity index (χ1v) is 9.09. The largest absolute Gasteiger partial charge is 0.477 e. The van der Waals surface area contributed by atoms with Crippen LogP contribution in [0, 0.1) is 0 Å². The van der Waals surface area contributed by atoms with Gasteiger partial charge >= 0.3 is 5.97 Å². The summed E-state index contributed by atoms with van der Waals surface area (Å²) in [5.41, 5.74) is 5.49. The van der Waals surface area contributed by atoms with E-state index in [9.17, 15) is 19.5 Å². The van der Waals surface area contributed by atoms with Crippen molar-refractivity contribution in [3.05, 3.63) is 35.0 Å². The molecule has 0 saturated carbocycles. The molecule has 2 aliphatic rings. The number of carboxylic acids is 1. The number of thiazole rings is 1. The van der Waals surface area contributed by atoms with E-state index in [2.05, 4.69) is 22.0 Å². The third-order valence-corrected chi connectivity index (χ3v) is 5.79. The number of nitrogens with zero attached hydrogens (tertiary/aromatic N) is 3. The van der Waals surface area contributed by atoms with Gasteiger partial charge in [0.15, 0.2) is 10.8 Å². The summed E-state index contributed by atoms with van der Waals surface area (Å²) >= 11 is 2.37. The Hall–Kier alpha value is -2.94. The molecule has 3 rings (SSSR count). The number of oxime groups is 1. The van der Waals surface area contributed by atoms with Crippen LogP contribution in [0.4, 0.5) is 5.13 Å². The van der Waals surface area contributed by atoms with Gasteiger partial charge < -0.3 is 32.3 Å². The summed E-state index contributed by atoms with van der Waals surface area (Å²) in [6.45, 7) is 3.56. The number of nitrogen functional groups attached to an aromatic ring is 1. The van der Waals surface area contributed by atoms with Gasteiger partial charge in [-0.2, -0.15) is 0 Å². The van der Waals surface area contributed by atoms with E-state index in [1.54, 1.807) is 0 Å². The SMILES string of the molecule is C=CC1=C(C(=O)O)N2C(=O)[C@@H](NC(=O)/C(=N\O)c3csc(N)n3)[C@H]2SC1.O.O. The molecule has 152 valence electrons. The van der Waals surface area contributed by atoms with Crippen LogP contribution in [0.3, 0.4) is 0 Å². The van der Waals surface area contributed by atoms with E-state index in [4.69, 9.17) is 10.9 Å². The lowest BCUT2D eigenvalue weighted by Gasteiger charge is -2.49. The number of thioether (sulfide) groups is 1. The van der Waals surface area contributed by atoms with E-state index in [0.717, 1.165) is 16.2 Å². The minimum atomic E-state index is -1.24. The number of anilines is 1. The molecule has 2 amide bonds. The third-order valence-electron chi connectivity index (χ3n) is 3.81. The smallest absolute Gasteiger partial charge is 0.352 e. The van der Waals surface area contributed by atoms with E-state index in [-0.39, 0.29) is 33.2 Å². The zero-order chi connectivity index (χ0) is 19.0. The number of hydrogen-bond acceptors (Lipinski definition) is 9. The Morgan fingerprint density at radius 2 is 2.14 bits per heavy atom. The number of carbonyl (C=O) groups is 3. The van der Waals surface area contributed by atoms with Crippen molar-refractivity contribution in [3.8, 4) is 0 Å². The topological polar surface area (TPSA) is 221 Å². The monoisotopic (exact) mass is 431 g/mol. The van der Waals surface area contributed by atoms with E-state index in [0.29, 0.717) is 11.3 Å². The zero-order valence-corrected chi connectivity index (χ0v) is 15.7. The molecule has 2 atom stereocenters. The Labute approximate surface area is 166 Å². The summed E-state index contributed by atoms with van der Waals surface area (Å²) < 4.78 is 0. The molecule has 9 N–H and O–H groups in total. The second-order valence-electron chi connectivity index (χ2n) is 5.26. The number of allylic oxidation sites excluding steroid dienone is 1. The lowest BCUT2D eigenvalue weighted by atomic mass is 10.0. The zero-order valence-electron chi connectivity index (χ0n) is 14.1. The van der Waals surface area contributed by atoms with Gasteiger partial charge in [-0.05, 0) is 5.57 Å². The molecule has 12 nitrogen and oxygen atoms in total. The molecule has 1 aromatic rings. The Balaban J connectivity index is 0.00000196. The number of carboxylic acid groups (broad SMARTS) is 1. The Morgan fingerprint density at radius 1 is 1.46 bits per heavy atom. The van der Waals surface area contributed by atoms with Crippen LogP contribution in [0.5, 0.6) is 0 Å². The lowest BCUT2D eigenvalue weighted by Crippen LogP contribution is -2.71. The van der Waals surface area contributed by atoms with Crippen molar-refractivity contribution in [2.45, 2.75) is 11.4 Å². The van der Waals surface area contributed by atoms with Crippen molar-refractivity contribution in [1.29, 1.82) is 0 Å². The van der Waals surface area contributed by atoms with Gasteiger partial charge in [0.05, 0.1) is 0 Å². The number of amides is 2. The maximum atomic E-state index is 12.4. The highest BCUT2D eigenvalue weighted by atomic mass is 32.2. The molecule has 0 spiro atoms. The predicted molar refractivity (Wildman–Crippen MR) is 102 cm³/mol. The van der Waals surface area contributed by atoms with Crippen LogP contribution in [0.25, 0.3) is 0 Å². The number of carbonyl (C=O) groups excluding carboxylic acids is 2. The van der Waals surface area contributed by atoms with Crippen molar-refractivity contribution in [2.75, 3.05) is 11.5 Å². The molecular weight excluding hydrogens is 414 g/mol. The van der Waals surface area contributed by atoms with Crippen molar-refractivity contribution >= 4 is 51.7 Å². The number of aromatic nitrogens is 1. The standard InChI is InChI=1S/C14H13N5O5S2.2H2O/c1-2-5-3-25-12-8(11(21)19(12)9(5)13(22)23)17-10(20)7(18-24)6-4-26-14(15)16-6;;/h2,4,8,12,24H,1,3H2,(H2,15,16)(H,17,20)(H,22,23);2*1H2/b18-7-;;/t8-,12-;;/m1../s1. The van der Waals surface area contributed by atoms with Crippen molar-refractivity contribution in [2.24, 2.45) is 5.16 Å². The van der Waals surface area contributed by atoms with Gasteiger partial charge in [0.1, 0.15) is 22.8 Å². The van der Waals surface area contributed by atoms with E-state index in [1.165, 1.54) is 23.2 Å². The van der Waals surface area contributed by atoms with Crippen LogP contribution in [0.2, 0.25) is 0 Å². The molecule has 1 aromatic heterocycles. The third kappa shape index (κ3) is 3.70. The minimum absolute atomic E-state index is 0. The first-order valence-electron chi connectivity index (χ1n) is 7.16. The summed E-state index contributed by atoms with van der Waals surface area (Å²) in [6, 6.07) is -0.944. The first kappa shape index (κ1) is 23.1. The van der Waals surface area contributed by atoms with Crippen LogP contribution >= 0.6 is 23.1 Å². The fourth-order valence-corrected chi connectivity index (χ4v) is 4.51. The van der Waals surface area contributed by atoms with Crippen molar-refractivity contribution < 1.29 is 35.6 Å². The molecule has 14 heteroatoms. The second-order valence-corrected chi connectivity index (χ2v) is 7.26. The molecule has 1 saturated heterocycles.